The first-order chi connectivity index (χ1) is 9.24. The Morgan fingerprint density at radius 3 is 2.68 bits per heavy atom. The molecule has 0 saturated carbocycles. The van der Waals surface area contributed by atoms with E-state index in [0.717, 1.165) is 23.3 Å². The third-order valence-corrected chi connectivity index (χ3v) is 3.04. The standard InChI is InChI=1S/C15H16N4/c1-11(2)8-13-9-14(12-6-4-3-5-7-12)18-19-10-16-17-15(13)19/h3-7,9-11H,8H2,1-2H3. The van der Waals surface area contributed by atoms with E-state index in [1.165, 1.54) is 5.56 Å². The van der Waals surface area contributed by atoms with Crippen molar-refractivity contribution >= 4 is 5.65 Å². The van der Waals surface area contributed by atoms with Gasteiger partial charge in [-0.1, -0.05) is 44.2 Å². The molecular weight excluding hydrogens is 236 g/mol. The summed E-state index contributed by atoms with van der Waals surface area (Å²) in [6, 6.07) is 12.3. The Balaban J connectivity index is 2.16. The highest BCUT2D eigenvalue weighted by molar-refractivity contribution is 5.62. The molecule has 0 aliphatic rings. The molecule has 0 atom stereocenters. The summed E-state index contributed by atoms with van der Waals surface area (Å²) in [5.74, 6) is 0.575. The fraction of sp³-hybridized carbons (Fsp3) is 0.267. The zero-order valence-electron chi connectivity index (χ0n) is 11.1. The van der Waals surface area contributed by atoms with E-state index >= 15 is 0 Å². The Kier molecular flexibility index (Phi) is 2.99. The summed E-state index contributed by atoms with van der Waals surface area (Å²) in [7, 11) is 0. The Morgan fingerprint density at radius 2 is 1.95 bits per heavy atom. The molecule has 2 heterocycles. The van der Waals surface area contributed by atoms with Gasteiger partial charge in [0.1, 0.15) is 6.33 Å². The van der Waals surface area contributed by atoms with Gasteiger partial charge < -0.3 is 0 Å². The summed E-state index contributed by atoms with van der Waals surface area (Å²) < 4.78 is 1.76. The summed E-state index contributed by atoms with van der Waals surface area (Å²) in [5.41, 5.74) is 4.13. The summed E-state index contributed by atoms with van der Waals surface area (Å²) in [4.78, 5) is 0. The maximum Gasteiger partial charge on any atom is 0.180 e. The zero-order chi connectivity index (χ0) is 13.2. The average molecular weight is 252 g/mol. The van der Waals surface area contributed by atoms with Gasteiger partial charge in [0, 0.05) is 11.1 Å². The second-order valence-corrected chi connectivity index (χ2v) is 5.12. The molecule has 19 heavy (non-hydrogen) atoms. The Bertz CT molecular complexity index is 686. The van der Waals surface area contributed by atoms with Crippen LogP contribution in [0.3, 0.4) is 0 Å². The van der Waals surface area contributed by atoms with Crippen LogP contribution in [0.15, 0.2) is 42.7 Å². The molecule has 0 aliphatic carbocycles. The van der Waals surface area contributed by atoms with E-state index in [0.29, 0.717) is 5.92 Å². The molecule has 3 aromatic rings. The van der Waals surface area contributed by atoms with Crippen molar-refractivity contribution in [2.24, 2.45) is 5.92 Å². The van der Waals surface area contributed by atoms with Gasteiger partial charge in [0.15, 0.2) is 5.65 Å². The Hall–Kier alpha value is -2.23. The lowest BCUT2D eigenvalue weighted by atomic mass is 10.0. The van der Waals surface area contributed by atoms with Crippen molar-refractivity contribution in [3.05, 3.63) is 48.3 Å². The summed E-state index contributed by atoms with van der Waals surface area (Å²) in [6.45, 7) is 4.41. The molecule has 0 saturated heterocycles. The van der Waals surface area contributed by atoms with Crippen LogP contribution in [0.1, 0.15) is 19.4 Å². The molecule has 4 nitrogen and oxygen atoms in total. The van der Waals surface area contributed by atoms with Crippen molar-refractivity contribution in [2.45, 2.75) is 20.3 Å². The monoisotopic (exact) mass is 252 g/mol. The highest BCUT2D eigenvalue weighted by Crippen LogP contribution is 2.21. The van der Waals surface area contributed by atoms with Gasteiger partial charge in [0.2, 0.25) is 0 Å². The SMILES string of the molecule is CC(C)Cc1cc(-c2ccccc2)nn2cnnc12. The third kappa shape index (κ3) is 2.34. The van der Waals surface area contributed by atoms with Gasteiger partial charge in [0.05, 0.1) is 5.69 Å². The molecule has 1 aromatic carbocycles. The fourth-order valence-corrected chi connectivity index (χ4v) is 2.23. The van der Waals surface area contributed by atoms with Gasteiger partial charge in [-0.2, -0.15) is 9.61 Å². The maximum absolute atomic E-state index is 4.57. The van der Waals surface area contributed by atoms with E-state index in [2.05, 4.69) is 47.3 Å². The second kappa shape index (κ2) is 4.80. The van der Waals surface area contributed by atoms with Crippen LogP contribution in [0.4, 0.5) is 0 Å². The lowest BCUT2D eigenvalue weighted by Gasteiger charge is -2.08. The molecule has 2 aromatic heterocycles. The van der Waals surface area contributed by atoms with Gasteiger partial charge in [-0.15, -0.1) is 10.2 Å². The van der Waals surface area contributed by atoms with E-state index in [9.17, 15) is 0 Å². The Morgan fingerprint density at radius 1 is 1.16 bits per heavy atom. The quantitative estimate of drug-likeness (QED) is 0.719. The fourth-order valence-electron chi connectivity index (χ4n) is 2.23. The van der Waals surface area contributed by atoms with Crippen LogP contribution in [-0.4, -0.2) is 19.8 Å². The molecule has 0 bridgehead atoms. The lowest BCUT2D eigenvalue weighted by Crippen LogP contribution is -2.02. The van der Waals surface area contributed by atoms with E-state index < -0.39 is 0 Å². The van der Waals surface area contributed by atoms with Crippen molar-refractivity contribution < 1.29 is 0 Å². The topological polar surface area (TPSA) is 43.1 Å². The van der Waals surface area contributed by atoms with Gasteiger partial charge in [-0.3, -0.25) is 0 Å². The number of hydrogen-bond acceptors (Lipinski definition) is 3. The van der Waals surface area contributed by atoms with Crippen LogP contribution >= 0.6 is 0 Å². The number of nitrogens with zero attached hydrogens (tertiary/aromatic N) is 4. The number of fused-ring (bicyclic) bond motifs is 1. The predicted octanol–water partition coefficient (Wildman–Crippen LogP) is 2.99. The van der Waals surface area contributed by atoms with Crippen LogP contribution in [0.5, 0.6) is 0 Å². The van der Waals surface area contributed by atoms with Gasteiger partial charge in [-0.05, 0) is 18.4 Å². The molecule has 0 aliphatic heterocycles. The molecule has 3 rings (SSSR count). The molecule has 0 N–H and O–H groups in total. The minimum Gasteiger partial charge on any atom is -0.200 e. The number of aromatic nitrogens is 4. The highest BCUT2D eigenvalue weighted by atomic mass is 15.3. The van der Waals surface area contributed by atoms with Crippen LogP contribution in [0, 0.1) is 5.92 Å². The largest absolute Gasteiger partial charge is 0.200 e. The molecule has 0 spiro atoms. The highest BCUT2D eigenvalue weighted by Gasteiger charge is 2.10. The Labute approximate surface area is 112 Å². The smallest absolute Gasteiger partial charge is 0.180 e. The van der Waals surface area contributed by atoms with Crippen LogP contribution < -0.4 is 0 Å². The molecule has 96 valence electrons. The zero-order valence-corrected chi connectivity index (χ0v) is 11.1. The molecular formula is C15H16N4. The van der Waals surface area contributed by atoms with Gasteiger partial charge in [-0.25, -0.2) is 0 Å². The van der Waals surface area contributed by atoms with Crippen molar-refractivity contribution in [1.82, 2.24) is 19.8 Å². The molecule has 0 unspecified atom stereocenters. The lowest BCUT2D eigenvalue weighted by molar-refractivity contribution is 0.646. The minimum atomic E-state index is 0.575. The van der Waals surface area contributed by atoms with E-state index in [-0.39, 0.29) is 0 Å². The first-order valence-electron chi connectivity index (χ1n) is 6.49. The van der Waals surface area contributed by atoms with Crippen molar-refractivity contribution in [2.75, 3.05) is 0 Å². The van der Waals surface area contributed by atoms with E-state index in [1.54, 1.807) is 10.8 Å². The van der Waals surface area contributed by atoms with E-state index in [1.807, 2.05) is 18.2 Å². The maximum atomic E-state index is 4.57. The van der Waals surface area contributed by atoms with Crippen LogP contribution in [0.25, 0.3) is 16.9 Å². The second-order valence-electron chi connectivity index (χ2n) is 5.12. The summed E-state index contributed by atoms with van der Waals surface area (Å²) >= 11 is 0. The summed E-state index contributed by atoms with van der Waals surface area (Å²) in [5, 5.41) is 12.7. The molecule has 0 fully saturated rings. The number of hydrogen-bond donors (Lipinski definition) is 0. The van der Waals surface area contributed by atoms with Crippen molar-refractivity contribution in [3.63, 3.8) is 0 Å². The normalized spacial score (nSPS) is 11.3. The first kappa shape index (κ1) is 11.8. The number of rotatable bonds is 3. The van der Waals surface area contributed by atoms with Gasteiger partial charge in [0.25, 0.3) is 0 Å². The van der Waals surface area contributed by atoms with Crippen LogP contribution in [-0.2, 0) is 6.42 Å². The average Bonchev–Trinajstić information content (AvgIpc) is 2.87. The molecule has 4 heteroatoms. The van der Waals surface area contributed by atoms with Gasteiger partial charge >= 0.3 is 0 Å². The first-order valence-corrected chi connectivity index (χ1v) is 6.49. The number of benzene rings is 1. The summed E-state index contributed by atoms with van der Waals surface area (Å²) in [6.07, 6.45) is 2.64. The predicted molar refractivity (Wildman–Crippen MR) is 74.8 cm³/mol. The van der Waals surface area contributed by atoms with Crippen LogP contribution in [0.2, 0.25) is 0 Å². The molecule has 0 amide bonds. The van der Waals surface area contributed by atoms with Crippen molar-refractivity contribution in [1.29, 1.82) is 0 Å². The van der Waals surface area contributed by atoms with Crippen molar-refractivity contribution in [3.8, 4) is 11.3 Å². The van der Waals surface area contributed by atoms with E-state index in [4.69, 9.17) is 0 Å². The minimum absolute atomic E-state index is 0.575. The molecule has 0 radical (unpaired) electrons. The third-order valence-electron chi connectivity index (χ3n) is 3.04.